The van der Waals surface area contributed by atoms with Gasteiger partial charge in [-0.2, -0.15) is 0 Å². The topological polar surface area (TPSA) is 82.6 Å². The summed E-state index contributed by atoms with van der Waals surface area (Å²) in [5, 5.41) is 6.39. The predicted molar refractivity (Wildman–Crippen MR) is 105 cm³/mol. The number of nitrogens with one attached hydrogen (secondary N) is 3. The molecule has 0 aliphatic rings. The summed E-state index contributed by atoms with van der Waals surface area (Å²) in [5.41, 5.74) is -0.118. The van der Waals surface area contributed by atoms with Crippen LogP contribution in [0.25, 0.3) is 0 Å². The molecule has 1 rings (SSSR count). The van der Waals surface area contributed by atoms with Crippen LogP contribution in [0.15, 0.2) is 29.3 Å². The van der Waals surface area contributed by atoms with Crippen LogP contribution in [0.2, 0.25) is 0 Å². The van der Waals surface area contributed by atoms with Crippen molar-refractivity contribution >= 4 is 16.0 Å². The number of rotatable bonds is 8. The van der Waals surface area contributed by atoms with Crippen molar-refractivity contribution in [2.45, 2.75) is 45.6 Å². The molecule has 8 heteroatoms. The Bertz CT molecular complexity index is 730. The maximum absolute atomic E-state index is 13.5. The van der Waals surface area contributed by atoms with E-state index in [4.69, 9.17) is 0 Å². The van der Waals surface area contributed by atoms with Gasteiger partial charge < -0.3 is 10.6 Å². The molecule has 0 bridgehead atoms. The van der Waals surface area contributed by atoms with Gasteiger partial charge in [0.15, 0.2) is 5.96 Å². The summed E-state index contributed by atoms with van der Waals surface area (Å²) < 4.78 is 38.9. The van der Waals surface area contributed by atoms with Crippen molar-refractivity contribution in [2.75, 3.05) is 25.9 Å². The first kappa shape index (κ1) is 22.4. The Morgan fingerprint density at radius 2 is 1.85 bits per heavy atom. The summed E-state index contributed by atoms with van der Waals surface area (Å²) in [7, 11) is -3.31. The second kappa shape index (κ2) is 8.81. The Morgan fingerprint density at radius 1 is 1.19 bits per heavy atom. The fourth-order valence-electron chi connectivity index (χ4n) is 2.47. The number of benzene rings is 1. The highest BCUT2D eigenvalue weighted by atomic mass is 32.2. The molecule has 0 fully saturated rings. The number of nitrogens with zero attached hydrogens (tertiary/aromatic N) is 1. The third-order valence-electron chi connectivity index (χ3n) is 3.74. The Kier molecular flexibility index (Phi) is 7.58. The largest absolute Gasteiger partial charge is 0.357 e. The van der Waals surface area contributed by atoms with E-state index in [0.29, 0.717) is 19.0 Å². The minimum atomic E-state index is -3.31. The fraction of sp³-hybridized carbons (Fsp3) is 0.611. The van der Waals surface area contributed by atoms with Crippen LogP contribution < -0.4 is 15.4 Å². The van der Waals surface area contributed by atoms with Crippen LogP contribution in [-0.4, -0.2) is 45.8 Å². The van der Waals surface area contributed by atoms with Gasteiger partial charge in [-0.1, -0.05) is 26.0 Å². The molecule has 148 valence electrons. The van der Waals surface area contributed by atoms with E-state index in [2.05, 4.69) is 20.3 Å². The van der Waals surface area contributed by atoms with Crippen molar-refractivity contribution in [2.24, 2.45) is 4.99 Å². The molecule has 0 aliphatic carbocycles. The third-order valence-corrected chi connectivity index (χ3v) is 4.67. The second-order valence-electron chi connectivity index (χ2n) is 7.70. The number of hydrogen-bond acceptors (Lipinski definition) is 3. The summed E-state index contributed by atoms with van der Waals surface area (Å²) >= 11 is 0. The van der Waals surface area contributed by atoms with Crippen LogP contribution in [0.4, 0.5) is 4.39 Å². The second-order valence-corrected chi connectivity index (χ2v) is 9.45. The minimum Gasteiger partial charge on any atom is -0.357 e. The first-order chi connectivity index (χ1) is 11.8. The molecule has 0 aliphatic heterocycles. The zero-order valence-corrected chi connectivity index (χ0v) is 17.3. The van der Waals surface area contributed by atoms with Gasteiger partial charge in [0.1, 0.15) is 5.82 Å². The molecule has 0 atom stereocenters. The summed E-state index contributed by atoms with van der Waals surface area (Å²) in [6.45, 7) is 11.0. The van der Waals surface area contributed by atoms with E-state index >= 15 is 0 Å². The molecule has 0 amide bonds. The van der Waals surface area contributed by atoms with E-state index in [1.807, 2.05) is 26.8 Å². The number of aliphatic imine (C=N–C) groups is 1. The van der Waals surface area contributed by atoms with E-state index in [1.165, 1.54) is 12.1 Å². The summed E-state index contributed by atoms with van der Waals surface area (Å²) in [5.74, 6) is 0.324. The Hall–Kier alpha value is -1.67. The average Bonchev–Trinajstić information content (AvgIpc) is 2.48. The maximum Gasteiger partial charge on any atom is 0.209 e. The number of guanidine groups is 1. The summed E-state index contributed by atoms with van der Waals surface area (Å²) in [4.78, 5) is 4.48. The van der Waals surface area contributed by atoms with Gasteiger partial charge in [-0.3, -0.25) is 4.99 Å². The van der Waals surface area contributed by atoms with Crippen molar-refractivity contribution in [1.29, 1.82) is 0 Å². The van der Waals surface area contributed by atoms with Crippen molar-refractivity contribution in [3.05, 3.63) is 35.6 Å². The predicted octanol–water partition coefficient (Wildman–Crippen LogP) is 1.99. The smallest absolute Gasteiger partial charge is 0.209 e. The average molecular weight is 387 g/mol. The van der Waals surface area contributed by atoms with Crippen molar-refractivity contribution in [3.63, 3.8) is 0 Å². The quantitative estimate of drug-likeness (QED) is 0.471. The van der Waals surface area contributed by atoms with Crippen LogP contribution >= 0.6 is 0 Å². The third kappa shape index (κ3) is 8.14. The lowest BCUT2D eigenvalue weighted by Crippen LogP contribution is -2.47. The molecular formula is C18H31FN4O2S. The molecule has 0 spiro atoms. The van der Waals surface area contributed by atoms with Crippen LogP contribution in [0.1, 0.15) is 40.2 Å². The molecule has 0 saturated carbocycles. The van der Waals surface area contributed by atoms with Crippen molar-refractivity contribution in [1.82, 2.24) is 15.4 Å². The lowest BCUT2D eigenvalue weighted by atomic mass is 9.84. The number of hydrogen-bond donors (Lipinski definition) is 3. The van der Waals surface area contributed by atoms with Gasteiger partial charge in [-0.15, -0.1) is 0 Å². The molecule has 3 N–H and O–H groups in total. The van der Waals surface area contributed by atoms with Gasteiger partial charge in [0.2, 0.25) is 10.0 Å². The highest BCUT2D eigenvalue weighted by Gasteiger charge is 2.23. The van der Waals surface area contributed by atoms with Gasteiger partial charge in [0, 0.05) is 24.0 Å². The van der Waals surface area contributed by atoms with Crippen molar-refractivity contribution < 1.29 is 12.8 Å². The molecule has 26 heavy (non-hydrogen) atoms. The highest BCUT2D eigenvalue weighted by molar-refractivity contribution is 7.88. The van der Waals surface area contributed by atoms with Gasteiger partial charge in [0.05, 0.1) is 12.8 Å². The van der Waals surface area contributed by atoms with E-state index in [1.54, 1.807) is 19.9 Å². The molecular weight excluding hydrogens is 355 g/mol. The van der Waals surface area contributed by atoms with Crippen LogP contribution in [0.5, 0.6) is 0 Å². The maximum atomic E-state index is 13.5. The Balaban J connectivity index is 2.81. The van der Waals surface area contributed by atoms with Crippen LogP contribution in [-0.2, 0) is 15.4 Å². The molecule has 0 aromatic heterocycles. The van der Waals surface area contributed by atoms with E-state index < -0.39 is 15.6 Å². The summed E-state index contributed by atoms with van der Waals surface area (Å²) in [6, 6.07) is 6.55. The Labute approximate surface area is 156 Å². The van der Waals surface area contributed by atoms with Crippen molar-refractivity contribution in [3.8, 4) is 0 Å². The van der Waals surface area contributed by atoms with Gasteiger partial charge in [-0.25, -0.2) is 17.5 Å². The first-order valence-corrected chi connectivity index (χ1v) is 10.5. The van der Waals surface area contributed by atoms with E-state index in [0.717, 1.165) is 11.8 Å². The fourth-order valence-corrected chi connectivity index (χ4v) is 3.54. The number of halogens is 1. The van der Waals surface area contributed by atoms with E-state index in [-0.39, 0.29) is 17.8 Å². The standard InChI is InChI=1S/C18H31FN4O2S/c1-7-20-16(22-13-18(4,5)23-26(6,24)25)21-12-17(2,3)14-9-8-10-15(19)11-14/h8-11,23H,7,12-13H2,1-6H3,(H2,20,21,22). The van der Waals surface area contributed by atoms with Gasteiger partial charge in [0.25, 0.3) is 0 Å². The van der Waals surface area contributed by atoms with Gasteiger partial charge >= 0.3 is 0 Å². The number of sulfonamides is 1. The lowest BCUT2D eigenvalue weighted by Gasteiger charge is -2.28. The SMILES string of the molecule is CCNC(=NCC(C)(C)NS(C)(=O)=O)NCC(C)(C)c1cccc(F)c1. The summed E-state index contributed by atoms with van der Waals surface area (Å²) in [6.07, 6.45) is 1.13. The van der Waals surface area contributed by atoms with E-state index in [9.17, 15) is 12.8 Å². The van der Waals surface area contributed by atoms with Crippen LogP contribution in [0.3, 0.4) is 0 Å². The minimum absolute atomic E-state index is 0.259. The highest BCUT2D eigenvalue weighted by Crippen LogP contribution is 2.22. The zero-order chi connectivity index (χ0) is 20.0. The Morgan fingerprint density at radius 3 is 2.38 bits per heavy atom. The van der Waals surface area contributed by atoms with Gasteiger partial charge in [-0.05, 0) is 38.5 Å². The molecule has 6 nitrogen and oxygen atoms in total. The lowest BCUT2D eigenvalue weighted by molar-refractivity contribution is 0.462. The molecule has 0 radical (unpaired) electrons. The normalized spacial score (nSPS) is 13.6. The first-order valence-electron chi connectivity index (χ1n) is 8.62. The molecule has 0 heterocycles. The molecule has 1 aromatic rings. The monoisotopic (exact) mass is 386 g/mol. The zero-order valence-electron chi connectivity index (χ0n) is 16.5. The molecule has 0 unspecified atom stereocenters. The molecule has 0 saturated heterocycles. The van der Waals surface area contributed by atoms with Crippen LogP contribution in [0, 0.1) is 5.82 Å². The molecule has 1 aromatic carbocycles.